The van der Waals surface area contributed by atoms with Gasteiger partial charge in [-0.05, 0) is 51.7 Å². The molecule has 1 aromatic rings. The zero-order valence-electron chi connectivity index (χ0n) is 19.9. The van der Waals surface area contributed by atoms with E-state index in [0.717, 1.165) is 83.3 Å². The van der Waals surface area contributed by atoms with E-state index in [-0.39, 0.29) is 30.0 Å². The van der Waals surface area contributed by atoms with E-state index in [0.29, 0.717) is 12.5 Å². The third-order valence-electron chi connectivity index (χ3n) is 6.19. The van der Waals surface area contributed by atoms with E-state index in [1.54, 1.807) is 0 Å². The maximum Gasteiger partial charge on any atom is 0.239 e. The minimum Gasteiger partial charge on any atom is -0.494 e. The highest BCUT2D eigenvalue weighted by atomic mass is 127. The van der Waals surface area contributed by atoms with Crippen LogP contribution in [0, 0.1) is 0 Å². The fourth-order valence-corrected chi connectivity index (χ4v) is 4.39. The fraction of sp³-hybridized carbons (Fsp3) is 0.667. The van der Waals surface area contributed by atoms with Crippen LogP contribution in [0.25, 0.3) is 0 Å². The van der Waals surface area contributed by atoms with Crippen molar-refractivity contribution in [3.05, 3.63) is 29.8 Å². The SMILES string of the molecule is CCNC(=NCCc1ccccc1OCC)N1CCN(C(C)C(=O)N2CCCC2)CC1.I. The Morgan fingerprint density at radius 1 is 1.06 bits per heavy atom. The number of amides is 1. The van der Waals surface area contributed by atoms with Crippen molar-refractivity contribution in [3.8, 4) is 5.75 Å². The Bertz CT molecular complexity index is 731. The van der Waals surface area contributed by atoms with Crippen LogP contribution in [-0.4, -0.2) is 91.6 Å². The monoisotopic (exact) mass is 557 g/mol. The maximum absolute atomic E-state index is 12.7. The Morgan fingerprint density at radius 3 is 2.41 bits per heavy atom. The Kier molecular flexibility index (Phi) is 11.6. The molecule has 180 valence electrons. The van der Waals surface area contributed by atoms with Gasteiger partial charge in [0.2, 0.25) is 5.91 Å². The molecule has 2 saturated heterocycles. The number of carbonyl (C=O) groups excluding carboxylic acids is 1. The van der Waals surface area contributed by atoms with Gasteiger partial charge >= 0.3 is 0 Å². The number of likely N-dealkylation sites (tertiary alicyclic amines) is 1. The molecule has 2 aliphatic heterocycles. The number of hydrogen-bond acceptors (Lipinski definition) is 4. The lowest BCUT2D eigenvalue weighted by Gasteiger charge is -2.39. The first-order valence-electron chi connectivity index (χ1n) is 11.9. The predicted molar refractivity (Wildman–Crippen MR) is 141 cm³/mol. The van der Waals surface area contributed by atoms with Gasteiger partial charge in [-0.1, -0.05) is 18.2 Å². The first-order valence-corrected chi connectivity index (χ1v) is 11.9. The quantitative estimate of drug-likeness (QED) is 0.303. The molecule has 0 aromatic heterocycles. The molecule has 0 bridgehead atoms. The molecule has 2 fully saturated rings. The third-order valence-corrected chi connectivity index (χ3v) is 6.19. The van der Waals surface area contributed by atoms with E-state index >= 15 is 0 Å². The van der Waals surface area contributed by atoms with E-state index in [1.807, 2.05) is 24.0 Å². The molecule has 7 nitrogen and oxygen atoms in total. The summed E-state index contributed by atoms with van der Waals surface area (Å²) in [7, 11) is 0. The van der Waals surface area contributed by atoms with Crippen LogP contribution in [0.4, 0.5) is 0 Å². The molecule has 0 radical (unpaired) electrons. The van der Waals surface area contributed by atoms with Gasteiger partial charge in [0, 0.05) is 52.4 Å². The third kappa shape index (κ3) is 7.23. The first kappa shape index (κ1) is 26.7. The highest BCUT2D eigenvalue weighted by Gasteiger charge is 2.30. The average Bonchev–Trinajstić information content (AvgIpc) is 3.34. The van der Waals surface area contributed by atoms with Crippen molar-refractivity contribution in [1.29, 1.82) is 0 Å². The van der Waals surface area contributed by atoms with Gasteiger partial charge < -0.3 is 19.9 Å². The van der Waals surface area contributed by atoms with Crippen LogP contribution in [0.5, 0.6) is 5.75 Å². The summed E-state index contributed by atoms with van der Waals surface area (Å²) in [4.78, 5) is 24.3. The molecule has 2 aliphatic rings. The van der Waals surface area contributed by atoms with Gasteiger partial charge in [0.05, 0.1) is 12.6 Å². The van der Waals surface area contributed by atoms with Crippen LogP contribution in [0.1, 0.15) is 39.2 Å². The zero-order valence-corrected chi connectivity index (χ0v) is 22.2. The first-order chi connectivity index (χ1) is 15.1. The number of rotatable bonds is 8. The highest BCUT2D eigenvalue weighted by molar-refractivity contribution is 14.0. The molecular weight excluding hydrogens is 517 g/mol. The van der Waals surface area contributed by atoms with Crippen LogP contribution in [0.15, 0.2) is 29.3 Å². The van der Waals surface area contributed by atoms with Crippen LogP contribution in [0.3, 0.4) is 0 Å². The van der Waals surface area contributed by atoms with Crippen molar-refractivity contribution in [2.45, 2.75) is 46.1 Å². The summed E-state index contributed by atoms with van der Waals surface area (Å²) in [5.41, 5.74) is 1.20. The molecule has 1 aromatic carbocycles. The lowest BCUT2D eigenvalue weighted by atomic mass is 10.1. The Balaban J connectivity index is 0.00000363. The molecule has 32 heavy (non-hydrogen) atoms. The zero-order chi connectivity index (χ0) is 22.1. The number of halogens is 1. The van der Waals surface area contributed by atoms with Crippen molar-refractivity contribution in [1.82, 2.24) is 20.0 Å². The second-order valence-electron chi connectivity index (χ2n) is 8.26. The number of nitrogens with zero attached hydrogens (tertiary/aromatic N) is 4. The van der Waals surface area contributed by atoms with Gasteiger partial charge in [0.15, 0.2) is 5.96 Å². The van der Waals surface area contributed by atoms with Crippen molar-refractivity contribution < 1.29 is 9.53 Å². The van der Waals surface area contributed by atoms with E-state index in [1.165, 1.54) is 5.56 Å². The van der Waals surface area contributed by atoms with Crippen molar-refractivity contribution in [2.24, 2.45) is 4.99 Å². The molecule has 0 saturated carbocycles. The number of hydrogen-bond donors (Lipinski definition) is 1. The number of aliphatic imine (C=N–C) groups is 1. The van der Waals surface area contributed by atoms with E-state index < -0.39 is 0 Å². The normalized spacial score (nSPS) is 18.3. The summed E-state index contributed by atoms with van der Waals surface area (Å²) in [5.74, 6) is 2.21. The Labute approximate surface area is 210 Å². The molecule has 1 amide bonds. The maximum atomic E-state index is 12.7. The lowest BCUT2D eigenvalue weighted by molar-refractivity contribution is -0.135. The summed E-state index contributed by atoms with van der Waals surface area (Å²) in [5, 5.41) is 3.44. The van der Waals surface area contributed by atoms with Gasteiger partial charge in [0.25, 0.3) is 0 Å². The van der Waals surface area contributed by atoms with Gasteiger partial charge in [-0.2, -0.15) is 0 Å². The fourth-order valence-electron chi connectivity index (χ4n) is 4.39. The number of carbonyl (C=O) groups is 1. The summed E-state index contributed by atoms with van der Waals surface area (Å²) in [6.45, 7) is 13.8. The molecule has 1 atom stereocenters. The van der Waals surface area contributed by atoms with Gasteiger partial charge in [-0.25, -0.2) is 0 Å². The molecule has 1 unspecified atom stereocenters. The average molecular weight is 558 g/mol. The summed E-state index contributed by atoms with van der Waals surface area (Å²) < 4.78 is 5.74. The molecule has 1 N–H and O–H groups in total. The molecular formula is C24H40IN5O2. The van der Waals surface area contributed by atoms with E-state index in [4.69, 9.17) is 9.73 Å². The molecule has 2 heterocycles. The Hall–Kier alpha value is -1.55. The van der Waals surface area contributed by atoms with Crippen molar-refractivity contribution in [3.63, 3.8) is 0 Å². The summed E-state index contributed by atoms with van der Waals surface area (Å²) >= 11 is 0. The van der Waals surface area contributed by atoms with Crippen LogP contribution in [0.2, 0.25) is 0 Å². The topological polar surface area (TPSA) is 60.4 Å². The molecule has 0 spiro atoms. The second-order valence-corrected chi connectivity index (χ2v) is 8.26. The van der Waals surface area contributed by atoms with Gasteiger partial charge in [-0.15, -0.1) is 24.0 Å². The van der Waals surface area contributed by atoms with Crippen LogP contribution in [-0.2, 0) is 11.2 Å². The number of nitrogens with one attached hydrogen (secondary N) is 1. The van der Waals surface area contributed by atoms with Crippen LogP contribution < -0.4 is 10.1 Å². The van der Waals surface area contributed by atoms with Crippen molar-refractivity contribution >= 4 is 35.8 Å². The molecule has 3 rings (SSSR count). The minimum atomic E-state index is -0.0326. The van der Waals surface area contributed by atoms with Gasteiger partial charge in [-0.3, -0.25) is 14.7 Å². The lowest BCUT2D eigenvalue weighted by Crippen LogP contribution is -2.57. The number of piperazine rings is 1. The standard InChI is InChI=1S/C24H39N5O2.HI/c1-4-25-24(26-13-12-21-10-6-7-11-22(21)31-5-2)29-18-16-27(17-19-29)20(3)23(30)28-14-8-9-15-28;/h6-7,10-11,20H,4-5,8-9,12-19H2,1-3H3,(H,25,26);1H. The number of guanidine groups is 1. The van der Waals surface area contributed by atoms with Crippen molar-refractivity contribution in [2.75, 3.05) is 59.0 Å². The smallest absolute Gasteiger partial charge is 0.239 e. The molecule has 8 heteroatoms. The van der Waals surface area contributed by atoms with Crippen LogP contribution >= 0.6 is 24.0 Å². The molecule has 0 aliphatic carbocycles. The number of ether oxygens (including phenoxy) is 1. The largest absolute Gasteiger partial charge is 0.494 e. The number of benzene rings is 1. The Morgan fingerprint density at radius 2 is 1.75 bits per heavy atom. The highest BCUT2D eigenvalue weighted by Crippen LogP contribution is 2.18. The van der Waals surface area contributed by atoms with E-state index in [2.05, 4.69) is 41.1 Å². The predicted octanol–water partition coefficient (Wildman–Crippen LogP) is 2.84. The van der Waals surface area contributed by atoms with Gasteiger partial charge in [0.1, 0.15) is 5.75 Å². The summed E-state index contributed by atoms with van der Waals surface area (Å²) in [6, 6.07) is 8.17. The minimum absolute atomic E-state index is 0. The van der Waals surface area contributed by atoms with E-state index in [9.17, 15) is 4.79 Å². The summed E-state index contributed by atoms with van der Waals surface area (Å²) in [6.07, 6.45) is 3.14. The number of para-hydroxylation sites is 1. The second kappa shape index (κ2) is 13.9.